The summed E-state index contributed by atoms with van der Waals surface area (Å²) in [7, 11) is 0. The van der Waals surface area contributed by atoms with Gasteiger partial charge in [0.05, 0.1) is 64.2 Å². The van der Waals surface area contributed by atoms with Crippen LogP contribution in [0.2, 0.25) is 0 Å². The topological polar surface area (TPSA) is 190 Å². The molecule has 16 heteroatoms. The van der Waals surface area contributed by atoms with Crippen LogP contribution >= 0.6 is 0 Å². The van der Waals surface area contributed by atoms with Crippen molar-refractivity contribution < 1.29 is 47.8 Å². The molecule has 4 aliphatic rings. The fourth-order valence-corrected chi connectivity index (χ4v) is 5.23. The van der Waals surface area contributed by atoms with Crippen molar-refractivity contribution in [3.63, 3.8) is 0 Å². The Balaban J connectivity index is 0.957. The fraction of sp³-hybridized carbons (Fsp3) is 0.708. The molecular weight excluding hydrogens is 532 g/mol. The highest BCUT2D eigenvalue weighted by atomic mass is 16.7. The van der Waals surface area contributed by atoms with Crippen LogP contribution in [0.1, 0.15) is 19.3 Å². The second kappa shape index (κ2) is 14.0. The molecular formula is C24H32N6O10. The zero-order valence-corrected chi connectivity index (χ0v) is 21.9. The molecule has 0 spiro atoms. The Morgan fingerprint density at radius 2 is 1.38 bits per heavy atom. The SMILES string of the molecule is [N-]=[N+]=NN1CCN(C(=O)OCCOCCOCCOC(=O)CCC(=O)ON2C(=O)C3C4C=CC(C4)C3C2=O)CC1. The molecule has 0 aromatic carbocycles. The second-order valence-corrected chi connectivity index (χ2v) is 9.61. The van der Waals surface area contributed by atoms with E-state index in [4.69, 9.17) is 29.3 Å². The van der Waals surface area contributed by atoms with Crippen molar-refractivity contribution >= 4 is 29.8 Å². The summed E-state index contributed by atoms with van der Waals surface area (Å²) in [6, 6.07) is 0. The lowest BCUT2D eigenvalue weighted by atomic mass is 9.85. The van der Waals surface area contributed by atoms with Crippen LogP contribution in [-0.4, -0.2) is 111 Å². The van der Waals surface area contributed by atoms with Gasteiger partial charge in [-0.1, -0.05) is 12.2 Å². The first kappa shape index (κ1) is 29.1. The smallest absolute Gasteiger partial charge is 0.410 e. The Hall–Kier alpha value is -3.88. The lowest BCUT2D eigenvalue weighted by Gasteiger charge is -2.29. The molecule has 0 radical (unpaired) electrons. The molecule has 0 aromatic heterocycles. The molecule has 0 N–H and O–H groups in total. The van der Waals surface area contributed by atoms with E-state index in [9.17, 15) is 24.0 Å². The Bertz CT molecular complexity index is 1020. The van der Waals surface area contributed by atoms with Crippen LogP contribution < -0.4 is 0 Å². The summed E-state index contributed by atoms with van der Waals surface area (Å²) in [6.07, 6.45) is 3.60. The normalized spacial score (nSPS) is 24.6. The average molecular weight is 565 g/mol. The van der Waals surface area contributed by atoms with E-state index in [1.165, 1.54) is 9.91 Å². The van der Waals surface area contributed by atoms with Gasteiger partial charge in [0, 0.05) is 0 Å². The second-order valence-electron chi connectivity index (χ2n) is 9.61. The zero-order chi connectivity index (χ0) is 28.5. The molecule has 3 fully saturated rings. The van der Waals surface area contributed by atoms with Crippen molar-refractivity contribution in [3.8, 4) is 0 Å². The highest BCUT2D eigenvalue weighted by Gasteiger charge is 2.60. The standard InChI is InChI=1S/C24H32N6O10/c25-26-27-29-7-5-28(6-8-29)24(35)39-14-12-37-10-9-36-11-13-38-18(31)3-4-19(32)40-30-22(33)20-16-1-2-17(15-16)21(20)23(30)34/h1-2,16-17,20-21H,3-15H2. The number of hydrogen-bond donors (Lipinski definition) is 0. The van der Waals surface area contributed by atoms with Crippen LogP contribution in [0.3, 0.4) is 0 Å². The van der Waals surface area contributed by atoms with E-state index in [0.29, 0.717) is 31.2 Å². The highest BCUT2D eigenvalue weighted by molar-refractivity contribution is 6.06. The third-order valence-electron chi connectivity index (χ3n) is 7.15. The van der Waals surface area contributed by atoms with Gasteiger partial charge in [-0.2, -0.15) is 4.91 Å². The molecule has 4 atom stereocenters. The third kappa shape index (κ3) is 7.20. The Kier molecular flexibility index (Phi) is 10.2. The number of nitrogens with zero attached hydrogens (tertiary/aromatic N) is 6. The van der Waals surface area contributed by atoms with Gasteiger partial charge in [0.15, 0.2) is 0 Å². The molecule has 2 aliphatic carbocycles. The summed E-state index contributed by atoms with van der Waals surface area (Å²) in [5.41, 5.74) is 8.42. The van der Waals surface area contributed by atoms with E-state index in [2.05, 4.69) is 10.1 Å². The van der Waals surface area contributed by atoms with Gasteiger partial charge < -0.3 is 28.7 Å². The average Bonchev–Trinajstić information content (AvgIpc) is 3.64. The summed E-state index contributed by atoms with van der Waals surface area (Å²) < 4.78 is 20.7. The summed E-state index contributed by atoms with van der Waals surface area (Å²) >= 11 is 0. The molecule has 3 amide bonds. The largest absolute Gasteiger partial charge is 0.463 e. The van der Waals surface area contributed by atoms with Crippen LogP contribution in [0, 0.1) is 23.7 Å². The van der Waals surface area contributed by atoms with Crippen LogP contribution in [0.25, 0.3) is 10.4 Å². The van der Waals surface area contributed by atoms with E-state index in [1.807, 2.05) is 12.2 Å². The Morgan fingerprint density at radius 1 is 0.825 bits per heavy atom. The van der Waals surface area contributed by atoms with Gasteiger partial charge in [-0.25, -0.2) is 14.6 Å². The van der Waals surface area contributed by atoms with E-state index >= 15 is 0 Å². The quantitative estimate of drug-likeness (QED) is 0.0546. The van der Waals surface area contributed by atoms with Gasteiger partial charge >= 0.3 is 18.0 Å². The first-order chi connectivity index (χ1) is 19.4. The fourth-order valence-electron chi connectivity index (χ4n) is 5.23. The van der Waals surface area contributed by atoms with Crippen molar-refractivity contribution in [2.75, 3.05) is 65.8 Å². The van der Waals surface area contributed by atoms with Gasteiger partial charge in [-0.3, -0.25) is 14.4 Å². The third-order valence-corrected chi connectivity index (χ3v) is 7.15. The van der Waals surface area contributed by atoms with Crippen molar-refractivity contribution in [2.24, 2.45) is 28.9 Å². The van der Waals surface area contributed by atoms with Gasteiger partial charge in [0.25, 0.3) is 11.8 Å². The molecule has 2 heterocycles. The summed E-state index contributed by atoms with van der Waals surface area (Å²) in [5.74, 6) is -3.40. The number of fused-ring (bicyclic) bond motifs is 5. The molecule has 4 unspecified atom stereocenters. The molecule has 2 bridgehead atoms. The number of piperazine rings is 1. The van der Waals surface area contributed by atoms with Gasteiger partial charge in [-0.05, 0) is 23.5 Å². The van der Waals surface area contributed by atoms with Crippen molar-refractivity contribution in [1.29, 1.82) is 0 Å². The van der Waals surface area contributed by atoms with Crippen LogP contribution in [-0.2, 0) is 43.0 Å². The van der Waals surface area contributed by atoms with Crippen LogP contribution in [0.15, 0.2) is 17.4 Å². The summed E-state index contributed by atoms with van der Waals surface area (Å²) in [5, 5.41) is 5.60. The molecule has 16 nitrogen and oxygen atoms in total. The zero-order valence-electron chi connectivity index (χ0n) is 21.9. The van der Waals surface area contributed by atoms with Crippen molar-refractivity contribution in [2.45, 2.75) is 19.3 Å². The summed E-state index contributed by atoms with van der Waals surface area (Å²) in [6.45, 7) is 2.53. The molecule has 4 rings (SSSR count). The summed E-state index contributed by atoms with van der Waals surface area (Å²) in [4.78, 5) is 70.2. The highest BCUT2D eigenvalue weighted by Crippen LogP contribution is 2.52. The van der Waals surface area contributed by atoms with E-state index in [1.54, 1.807) is 0 Å². The number of rotatable bonds is 14. The van der Waals surface area contributed by atoms with Crippen LogP contribution in [0.4, 0.5) is 4.79 Å². The predicted octanol–water partition coefficient (Wildman–Crippen LogP) is 0.588. The molecule has 40 heavy (non-hydrogen) atoms. The number of amides is 3. The van der Waals surface area contributed by atoms with Gasteiger partial charge in [-0.15, -0.1) is 10.6 Å². The van der Waals surface area contributed by atoms with E-state index in [0.717, 1.165) is 6.42 Å². The minimum Gasteiger partial charge on any atom is -0.463 e. The van der Waals surface area contributed by atoms with E-state index in [-0.39, 0.29) is 64.3 Å². The molecule has 1 saturated carbocycles. The van der Waals surface area contributed by atoms with Gasteiger partial charge in [0.2, 0.25) is 0 Å². The molecule has 0 aromatic rings. The Morgan fingerprint density at radius 3 is 1.98 bits per heavy atom. The number of azide groups is 1. The van der Waals surface area contributed by atoms with Crippen molar-refractivity contribution in [3.05, 3.63) is 22.6 Å². The maximum atomic E-state index is 12.5. The van der Waals surface area contributed by atoms with E-state index < -0.39 is 41.7 Å². The number of allylic oxidation sites excluding steroid dienone is 2. The minimum atomic E-state index is -0.856. The number of esters is 1. The Labute approximate surface area is 229 Å². The predicted molar refractivity (Wildman–Crippen MR) is 131 cm³/mol. The number of carbonyl (C=O) groups excluding carboxylic acids is 5. The number of hydroxylamine groups is 2. The first-order valence-electron chi connectivity index (χ1n) is 13.2. The monoisotopic (exact) mass is 564 g/mol. The number of hydrogen-bond acceptors (Lipinski definition) is 11. The van der Waals surface area contributed by atoms with Crippen LogP contribution in [0.5, 0.6) is 0 Å². The lowest BCUT2D eigenvalue weighted by molar-refractivity contribution is -0.199. The molecule has 2 aliphatic heterocycles. The first-order valence-corrected chi connectivity index (χ1v) is 13.2. The minimum absolute atomic E-state index is 0.00882. The lowest BCUT2D eigenvalue weighted by Crippen LogP contribution is -2.47. The number of ether oxygens (including phenoxy) is 4. The number of carbonyl (C=O) groups is 5. The maximum absolute atomic E-state index is 12.5. The molecule has 2 saturated heterocycles. The number of imide groups is 1. The van der Waals surface area contributed by atoms with Crippen molar-refractivity contribution in [1.82, 2.24) is 15.0 Å². The molecule has 218 valence electrons. The maximum Gasteiger partial charge on any atom is 0.410 e. The van der Waals surface area contributed by atoms with Gasteiger partial charge in [0.1, 0.15) is 26.3 Å².